The molecule has 0 aromatic heterocycles. The Morgan fingerprint density at radius 3 is 2.60 bits per heavy atom. The lowest BCUT2D eigenvalue weighted by Gasteiger charge is -2.40. The van der Waals surface area contributed by atoms with E-state index in [4.69, 9.17) is 28.4 Å². The number of hydrogen-bond acceptors (Lipinski definition) is 6. The van der Waals surface area contributed by atoms with E-state index >= 15 is 0 Å². The molecular weight excluding hydrogens is 264 g/mol. The van der Waals surface area contributed by atoms with Gasteiger partial charge in [-0.25, -0.2) is 0 Å². The zero-order chi connectivity index (χ0) is 14.6. The molecule has 3 aliphatic rings. The molecule has 0 aromatic carbocycles. The summed E-state index contributed by atoms with van der Waals surface area (Å²) in [6.07, 6.45) is 0.558. The van der Waals surface area contributed by atoms with Gasteiger partial charge in [0.2, 0.25) is 5.79 Å². The molecule has 0 radical (unpaired) electrons. The Labute approximate surface area is 118 Å². The van der Waals surface area contributed by atoms with Crippen LogP contribution in [0.3, 0.4) is 0 Å². The molecule has 0 spiro atoms. The Hall–Kier alpha value is -0.660. The van der Waals surface area contributed by atoms with Crippen LogP contribution in [0, 0.1) is 0 Å². The van der Waals surface area contributed by atoms with Gasteiger partial charge in [-0.2, -0.15) is 0 Å². The minimum atomic E-state index is -0.983. The molecule has 6 nitrogen and oxygen atoms in total. The fourth-order valence-corrected chi connectivity index (χ4v) is 3.12. The van der Waals surface area contributed by atoms with Crippen molar-refractivity contribution in [3.05, 3.63) is 12.8 Å². The lowest BCUT2D eigenvalue weighted by Crippen LogP contribution is -2.60. The van der Waals surface area contributed by atoms with Crippen LogP contribution in [0.15, 0.2) is 12.8 Å². The monoisotopic (exact) mass is 286 g/mol. The van der Waals surface area contributed by atoms with E-state index in [0.29, 0.717) is 6.61 Å². The molecule has 0 aromatic rings. The van der Waals surface area contributed by atoms with Crippen molar-refractivity contribution >= 4 is 0 Å². The summed E-state index contributed by atoms with van der Waals surface area (Å²) in [5.41, 5.74) is 0. The topological polar surface area (TPSA) is 55.4 Å². The standard InChI is InChI=1S/C14H22O6/c1-6-15-8-14-11(19-13(4,5)20-14)10-9(7-16-14)17-12(2,3)18-10/h6,9-11H,1,7-8H2,2-5H3/t9-,10-,11+,14+/m1/s1. The number of fused-ring (bicyclic) bond motifs is 3. The Morgan fingerprint density at radius 2 is 1.90 bits per heavy atom. The molecule has 6 heteroatoms. The van der Waals surface area contributed by atoms with Crippen LogP contribution < -0.4 is 0 Å². The maximum Gasteiger partial charge on any atom is 0.235 e. The highest BCUT2D eigenvalue weighted by atomic mass is 16.9. The van der Waals surface area contributed by atoms with Gasteiger partial charge in [-0.1, -0.05) is 6.58 Å². The van der Waals surface area contributed by atoms with Gasteiger partial charge in [0.25, 0.3) is 0 Å². The first-order valence-electron chi connectivity index (χ1n) is 6.87. The number of hydrogen-bond donors (Lipinski definition) is 0. The van der Waals surface area contributed by atoms with Crippen LogP contribution in [-0.2, 0) is 28.4 Å². The van der Waals surface area contributed by atoms with E-state index in [-0.39, 0.29) is 18.8 Å². The van der Waals surface area contributed by atoms with Gasteiger partial charge in [0.05, 0.1) is 12.9 Å². The van der Waals surface area contributed by atoms with Crippen molar-refractivity contribution in [2.75, 3.05) is 13.2 Å². The van der Waals surface area contributed by atoms with E-state index < -0.39 is 23.5 Å². The van der Waals surface area contributed by atoms with Crippen LogP contribution in [0.5, 0.6) is 0 Å². The second-order valence-corrected chi connectivity index (χ2v) is 6.28. The van der Waals surface area contributed by atoms with Gasteiger partial charge in [-0.15, -0.1) is 0 Å². The highest BCUT2D eigenvalue weighted by Gasteiger charge is 2.65. The fourth-order valence-electron chi connectivity index (χ4n) is 3.12. The maximum absolute atomic E-state index is 5.99. The normalized spacial score (nSPS) is 44.7. The van der Waals surface area contributed by atoms with E-state index in [1.165, 1.54) is 6.26 Å². The lowest BCUT2D eigenvalue weighted by molar-refractivity contribution is -0.294. The largest absolute Gasteiger partial charge is 0.496 e. The second kappa shape index (κ2) is 4.42. The molecule has 0 N–H and O–H groups in total. The molecule has 0 unspecified atom stereocenters. The van der Waals surface area contributed by atoms with E-state index in [9.17, 15) is 0 Å². The minimum absolute atomic E-state index is 0.163. The van der Waals surface area contributed by atoms with Gasteiger partial charge >= 0.3 is 0 Å². The highest BCUT2D eigenvalue weighted by Crippen LogP contribution is 2.47. The molecule has 4 atom stereocenters. The van der Waals surface area contributed by atoms with Crippen molar-refractivity contribution in [3.8, 4) is 0 Å². The third-order valence-corrected chi connectivity index (χ3v) is 3.68. The molecule has 114 valence electrons. The van der Waals surface area contributed by atoms with Gasteiger partial charge in [-0.05, 0) is 27.7 Å². The molecule has 3 aliphatic heterocycles. The van der Waals surface area contributed by atoms with E-state index in [1.54, 1.807) is 0 Å². The summed E-state index contributed by atoms with van der Waals surface area (Å²) in [7, 11) is 0. The van der Waals surface area contributed by atoms with Gasteiger partial charge in [0, 0.05) is 0 Å². The van der Waals surface area contributed by atoms with Gasteiger partial charge in [-0.3, -0.25) is 0 Å². The molecular formula is C14H22O6. The summed E-state index contributed by atoms with van der Waals surface area (Å²) >= 11 is 0. The van der Waals surface area contributed by atoms with Crippen LogP contribution in [0.2, 0.25) is 0 Å². The van der Waals surface area contributed by atoms with Crippen LogP contribution >= 0.6 is 0 Å². The molecule has 3 saturated heterocycles. The second-order valence-electron chi connectivity index (χ2n) is 6.28. The third kappa shape index (κ3) is 2.25. The molecule has 20 heavy (non-hydrogen) atoms. The van der Waals surface area contributed by atoms with Crippen molar-refractivity contribution in [1.82, 2.24) is 0 Å². The van der Waals surface area contributed by atoms with Crippen molar-refractivity contribution < 1.29 is 28.4 Å². The predicted octanol–water partition coefficient (Wildman–Crippen LogP) is 1.54. The Bertz CT molecular complexity index is 406. The zero-order valence-corrected chi connectivity index (χ0v) is 12.4. The number of rotatable bonds is 3. The van der Waals surface area contributed by atoms with E-state index in [2.05, 4.69) is 6.58 Å². The van der Waals surface area contributed by atoms with Crippen molar-refractivity contribution in [2.24, 2.45) is 0 Å². The first-order chi connectivity index (χ1) is 9.27. The lowest BCUT2D eigenvalue weighted by atomic mass is 9.97. The average molecular weight is 286 g/mol. The summed E-state index contributed by atoms with van der Waals surface area (Å²) in [5, 5.41) is 0. The van der Waals surface area contributed by atoms with Crippen LogP contribution in [-0.4, -0.2) is 48.9 Å². The molecule has 3 fully saturated rings. The van der Waals surface area contributed by atoms with E-state index in [0.717, 1.165) is 0 Å². The molecule has 0 aliphatic carbocycles. The van der Waals surface area contributed by atoms with Crippen molar-refractivity contribution in [1.29, 1.82) is 0 Å². The van der Waals surface area contributed by atoms with Gasteiger partial charge < -0.3 is 28.4 Å². The average Bonchev–Trinajstić information content (AvgIpc) is 2.78. The smallest absolute Gasteiger partial charge is 0.235 e. The minimum Gasteiger partial charge on any atom is -0.496 e. The maximum atomic E-state index is 5.99. The molecule has 0 bridgehead atoms. The highest BCUT2D eigenvalue weighted by molar-refractivity contribution is 5.03. The first kappa shape index (κ1) is 14.3. The molecule has 0 amide bonds. The molecule has 0 saturated carbocycles. The van der Waals surface area contributed by atoms with Crippen LogP contribution in [0.25, 0.3) is 0 Å². The fraction of sp³-hybridized carbons (Fsp3) is 0.857. The summed E-state index contributed by atoms with van der Waals surface area (Å²) in [4.78, 5) is 0. The summed E-state index contributed by atoms with van der Waals surface area (Å²) in [6, 6.07) is 0. The van der Waals surface area contributed by atoms with Gasteiger partial charge in [0.1, 0.15) is 24.9 Å². The van der Waals surface area contributed by atoms with Crippen molar-refractivity contribution in [2.45, 2.75) is 63.4 Å². The molecule has 3 rings (SSSR count). The Morgan fingerprint density at radius 1 is 1.15 bits per heavy atom. The van der Waals surface area contributed by atoms with Gasteiger partial charge in [0.15, 0.2) is 11.6 Å². The zero-order valence-electron chi connectivity index (χ0n) is 12.4. The quantitative estimate of drug-likeness (QED) is 0.734. The molecule has 3 heterocycles. The van der Waals surface area contributed by atoms with E-state index in [1.807, 2.05) is 27.7 Å². The predicted molar refractivity (Wildman–Crippen MR) is 68.7 cm³/mol. The summed E-state index contributed by atoms with van der Waals surface area (Å²) in [6.45, 7) is 11.6. The first-order valence-corrected chi connectivity index (χ1v) is 6.87. The SMILES string of the molecule is C=COC[C@@]12OC[C@H]3OC(C)(C)O[C@H]3[C@@H]1OC(C)(C)O2. The Kier molecular flexibility index (Phi) is 3.15. The number of ether oxygens (including phenoxy) is 6. The van der Waals surface area contributed by atoms with Crippen molar-refractivity contribution in [3.63, 3.8) is 0 Å². The Balaban J connectivity index is 1.87. The van der Waals surface area contributed by atoms with Crippen LogP contribution in [0.1, 0.15) is 27.7 Å². The third-order valence-electron chi connectivity index (χ3n) is 3.68. The summed E-state index contributed by atoms with van der Waals surface area (Å²) < 4.78 is 35.0. The van der Waals surface area contributed by atoms with Crippen LogP contribution in [0.4, 0.5) is 0 Å². The summed E-state index contributed by atoms with van der Waals surface area (Å²) in [5.74, 6) is -2.40.